The van der Waals surface area contributed by atoms with Gasteiger partial charge in [0, 0.05) is 17.8 Å². The molecule has 0 bridgehead atoms. The molecule has 0 heterocycles. The molecular formula is C11H11F6N. The number of halogens is 6. The van der Waals surface area contributed by atoms with Gasteiger partial charge in [0.15, 0.2) is 0 Å². The van der Waals surface area contributed by atoms with Crippen molar-refractivity contribution in [2.24, 2.45) is 0 Å². The van der Waals surface area contributed by atoms with E-state index >= 15 is 0 Å². The fourth-order valence-corrected chi connectivity index (χ4v) is 1.54. The molecule has 1 aromatic rings. The second-order valence-electron chi connectivity index (χ2n) is 3.59. The summed E-state index contributed by atoms with van der Waals surface area (Å²) < 4.78 is 76.7. The molecule has 0 aromatic heterocycles. The van der Waals surface area contributed by atoms with Gasteiger partial charge in [-0.25, -0.2) is 13.2 Å². The Balaban J connectivity index is 3.40. The highest BCUT2D eigenvalue weighted by Gasteiger charge is 2.64. The zero-order valence-corrected chi connectivity index (χ0v) is 9.36. The molecule has 0 aliphatic carbocycles. The fourth-order valence-electron chi connectivity index (χ4n) is 1.54. The predicted octanol–water partition coefficient (Wildman–Crippen LogP) is 4.11. The third-order valence-corrected chi connectivity index (χ3v) is 2.40. The standard InChI is InChI=1S/C11H11F6N/c1-2-18-8-6-4-3-5-7(8)10(14,9(12)13)11(15,16)17/h3-6,9,18H,2H2,1H3. The molecule has 0 aliphatic rings. The number of hydrogen-bond acceptors (Lipinski definition) is 1. The summed E-state index contributed by atoms with van der Waals surface area (Å²) in [5.41, 5.74) is -6.07. The van der Waals surface area contributed by atoms with Crippen LogP contribution in [0, 0.1) is 0 Å². The summed E-state index contributed by atoms with van der Waals surface area (Å²) in [6.07, 6.45) is -9.88. The van der Waals surface area contributed by atoms with Crippen LogP contribution in [-0.2, 0) is 5.67 Å². The van der Waals surface area contributed by atoms with Crippen molar-refractivity contribution in [3.05, 3.63) is 29.8 Å². The normalized spacial score (nSPS) is 15.6. The van der Waals surface area contributed by atoms with Gasteiger partial charge in [0.2, 0.25) is 0 Å². The maximum atomic E-state index is 13.8. The summed E-state index contributed by atoms with van der Waals surface area (Å²) in [5, 5.41) is 2.44. The van der Waals surface area contributed by atoms with E-state index in [2.05, 4.69) is 5.32 Å². The van der Waals surface area contributed by atoms with E-state index in [0.717, 1.165) is 12.1 Å². The van der Waals surface area contributed by atoms with Crippen LogP contribution in [0.5, 0.6) is 0 Å². The molecule has 0 fully saturated rings. The maximum absolute atomic E-state index is 13.8. The van der Waals surface area contributed by atoms with E-state index in [1.54, 1.807) is 6.92 Å². The van der Waals surface area contributed by atoms with Crippen LogP contribution in [0.1, 0.15) is 12.5 Å². The zero-order valence-electron chi connectivity index (χ0n) is 9.36. The third-order valence-electron chi connectivity index (χ3n) is 2.40. The number of nitrogens with one attached hydrogen (secondary N) is 1. The quantitative estimate of drug-likeness (QED) is 0.812. The molecule has 0 saturated carbocycles. The Hall–Kier alpha value is -1.40. The molecule has 0 spiro atoms. The van der Waals surface area contributed by atoms with E-state index in [1.807, 2.05) is 0 Å². The Labute approximate surface area is 99.8 Å². The van der Waals surface area contributed by atoms with Crippen molar-refractivity contribution in [2.75, 3.05) is 11.9 Å². The summed E-state index contributed by atoms with van der Waals surface area (Å²) in [5.74, 6) is 0. The van der Waals surface area contributed by atoms with E-state index in [-0.39, 0.29) is 12.2 Å². The van der Waals surface area contributed by atoms with Crippen molar-refractivity contribution in [2.45, 2.75) is 25.2 Å². The molecule has 18 heavy (non-hydrogen) atoms. The van der Waals surface area contributed by atoms with Gasteiger partial charge in [-0.2, -0.15) is 13.2 Å². The molecule has 0 saturated heterocycles. The predicted molar refractivity (Wildman–Crippen MR) is 55.5 cm³/mol. The molecule has 0 amide bonds. The Bertz CT molecular complexity index is 403. The number of rotatable bonds is 4. The minimum Gasteiger partial charge on any atom is -0.385 e. The van der Waals surface area contributed by atoms with E-state index in [0.29, 0.717) is 6.07 Å². The first-order valence-corrected chi connectivity index (χ1v) is 5.12. The number of alkyl halides is 6. The molecule has 0 radical (unpaired) electrons. The average molecular weight is 271 g/mol. The first-order chi connectivity index (χ1) is 8.25. The summed E-state index contributed by atoms with van der Waals surface area (Å²) in [6, 6.07) is 4.25. The van der Waals surface area contributed by atoms with Gasteiger partial charge in [-0.1, -0.05) is 18.2 Å². The van der Waals surface area contributed by atoms with E-state index in [4.69, 9.17) is 0 Å². The lowest BCUT2D eigenvalue weighted by Gasteiger charge is -2.29. The van der Waals surface area contributed by atoms with Gasteiger partial charge < -0.3 is 5.32 Å². The van der Waals surface area contributed by atoms with Crippen LogP contribution in [0.4, 0.5) is 32.0 Å². The Morgan fingerprint density at radius 3 is 2.11 bits per heavy atom. The minimum atomic E-state index is -5.69. The highest BCUT2D eigenvalue weighted by Crippen LogP contribution is 2.49. The Morgan fingerprint density at radius 2 is 1.67 bits per heavy atom. The first-order valence-electron chi connectivity index (χ1n) is 5.12. The van der Waals surface area contributed by atoms with Crippen LogP contribution in [-0.4, -0.2) is 19.1 Å². The monoisotopic (exact) mass is 271 g/mol. The van der Waals surface area contributed by atoms with E-state index < -0.39 is 23.8 Å². The molecule has 1 aromatic carbocycles. The number of para-hydroxylation sites is 1. The minimum absolute atomic E-state index is 0.189. The SMILES string of the molecule is CCNc1ccccc1C(F)(C(F)F)C(F)(F)F. The van der Waals surface area contributed by atoms with E-state index in [9.17, 15) is 26.3 Å². The van der Waals surface area contributed by atoms with Crippen LogP contribution in [0.15, 0.2) is 24.3 Å². The van der Waals surface area contributed by atoms with Crippen molar-refractivity contribution in [3.8, 4) is 0 Å². The molecule has 1 rings (SSSR count). The highest BCUT2D eigenvalue weighted by atomic mass is 19.4. The van der Waals surface area contributed by atoms with Gasteiger partial charge in [0.25, 0.3) is 12.1 Å². The molecule has 1 unspecified atom stereocenters. The van der Waals surface area contributed by atoms with Crippen molar-refractivity contribution >= 4 is 5.69 Å². The van der Waals surface area contributed by atoms with Gasteiger partial charge in [0.05, 0.1) is 0 Å². The second kappa shape index (κ2) is 5.07. The highest BCUT2D eigenvalue weighted by molar-refractivity contribution is 5.54. The summed E-state index contributed by atoms with van der Waals surface area (Å²) in [6.45, 7) is 1.75. The van der Waals surface area contributed by atoms with Gasteiger partial charge in [-0.15, -0.1) is 0 Å². The van der Waals surface area contributed by atoms with Crippen LogP contribution < -0.4 is 5.32 Å². The summed E-state index contributed by atoms with van der Waals surface area (Å²) in [7, 11) is 0. The summed E-state index contributed by atoms with van der Waals surface area (Å²) in [4.78, 5) is 0. The van der Waals surface area contributed by atoms with Gasteiger partial charge in [0.1, 0.15) is 0 Å². The largest absolute Gasteiger partial charge is 0.432 e. The Morgan fingerprint density at radius 1 is 1.11 bits per heavy atom. The molecule has 0 aliphatic heterocycles. The zero-order chi connectivity index (χ0) is 14.0. The molecule has 1 atom stereocenters. The fraction of sp³-hybridized carbons (Fsp3) is 0.455. The Kier molecular flexibility index (Phi) is 4.13. The van der Waals surface area contributed by atoms with Crippen molar-refractivity contribution in [3.63, 3.8) is 0 Å². The molecule has 102 valence electrons. The first kappa shape index (κ1) is 14.7. The van der Waals surface area contributed by atoms with Crippen LogP contribution in [0.2, 0.25) is 0 Å². The maximum Gasteiger partial charge on any atom is 0.432 e. The molecular weight excluding hydrogens is 260 g/mol. The smallest absolute Gasteiger partial charge is 0.385 e. The van der Waals surface area contributed by atoms with Crippen molar-refractivity contribution in [1.82, 2.24) is 0 Å². The number of hydrogen-bond donors (Lipinski definition) is 1. The molecule has 1 N–H and O–H groups in total. The lowest BCUT2D eigenvalue weighted by molar-refractivity contribution is -0.274. The van der Waals surface area contributed by atoms with Gasteiger partial charge in [-0.05, 0) is 13.0 Å². The van der Waals surface area contributed by atoms with Crippen molar-refractivity contribution < 1.29 is 26.3 Å². The third kappa shape index (κ3) is 2.39. The van der Waals surface area contributed by atoms with Gasteiger partial charge >= 0.3 is 6.18 Å². The average Bonchev–Trinajstić information content (AvgIpc) is 2.27. The van der Waals surface area contributed by atoms with Crippen LogP contribution in [0.3, 0.4) is 0 Å². The van der Waals surface area contributed by atoms with E-state index in [1.165, 1.54) is 6.07 Å². The van der Waals surface area contributed by atoms with Crippen molar-refractivity contribution in [1.29, 1.82) is 0 Å². The van der Waals surface area contributed by atoms with Crippen LogP contribution in [0.25, 0.3) is 0 Å². The lowest BCUT2D eigenvalue weighted by atomic mass is 9.93. The number of anilines is 1. The topological polar surface area (TPSA) is 12.0 Å². The lowest BCUT2D eigenvalue weighted by Crippen LogP contribution is -2.45. The van der Waals surface area contributed by atoms with Crippen LogP contribution >= 0.6 is 0 Å². The molecule has 1 nitrogen and oxygen atoms in total. The second-order valence-corrected chi connectivity index (χ2v) is 3.59. The number of benzene rings is 1. The molecule has 7 heteroatoms. The van der Waals surface area contributed by atoms with Gasteiger partial charge in [-0.3, -0.25) is 0 Å². The summed E-state index contributed by atoms with van der Waals surface area (Å²) >= 11 is 0.